The molecule has 0 saturated carbocycles. The average molecular weight is 242 g/mol. The highest BCUT2D eigenvalue weighted by Gasteiger charge is 2.14. The van der Waals surface area contributed by atoms with Crippen molar-refractivity contribution < 1.29 is 5.11 Å². The Bertz CT molecular complexity index is 547. The van der Waals surface area contributed by atoms with Crippen molar-refractivity contribution in [2.24, 2.45) is 0 Å². The molecule has 0 bridgehead atoms. The second-order valence-electron chi connectivity index (χ2n) is 4.98. The van der Waals surface area contributed by atoms with Crippen molar-refractivity contribution in [1.82, 2.24) is 9.88 Å². The van der Waals surface area contributed by atoms with Gasteiger partial charge >= 0.3 is 0 Å². The number of nitrogens with zero attached hydrogens (tertiary/aromatic N) is 2. The Morgan fingerprint density at radius 1 is 1.11 bits per heavy atom. The summed E-state index contributed by atoms with van der Waals surface area (Å²) in [7, 11) is 0. The third kappa shape index (κ3) is 2.18. The summed E-state index contributed by atoms with van der Waals surface area (Å²) < 4.78 is 0. The van der Waals surface area contributed by atoms with Crippen LogP contribution in [0.25, 0.3) is 10.9 Å². The molecule has 18 heavy (non-hydrogen) atoms. The summed E-state index contributed by atoms with van der Waals surface area (Å²) in [6.07, 6.45) is 5.44. The van der Waals surface area contributed by atoms with E-state index in [1.165, 1.54) is 19.3 Å². The van der Waals surface area contributed by atoms with Gasteiger partial charge in [0.25, 0.3) is 0 Å². The molecule has 3 nitrogen and oxygen atoms in total. The third-order valence-electron chi connectivity index (χ3n) is 3.69. The predicted molar refractivity (Wildman–Crippen MR) is 72.5 cm³/mol. The van der Waals surface area contributed by atoms with Gasteiger partial charge < -0.3 is 5.11 Å². The summed E-state index contributed by atoms with van der Waals surface area (Å²) in [5.74, 6) is 0.319. The third-order valence-corrected chi connectivity index (χ3v) is 3.69. The van der Waals surface area contributed by atoms with Crippen molar-refractivity contribution in [1.29, 1.82) is 0 Å². The molecule has 1 aromatic carbocycles. The summed E-state index contributed by atoms with van der Waals surface area (Å²) >= 11 is 0. The zero-order valence-electron chi connectivity index (χ0n) is 10.5. The van der Waals surface area contributed by atoms with Gasteiger partial charge in [0.2, 0.25) is 0 Å². The van der Waals surface area contributed by atoms with E-state index < -0.39 is 0 Å². The number of hydrogen-bond acceptors (Lipinski definition) is 3. The predicted octanol–water partition coefficient (Wildman–Crippen LogP) is 2.93. The molecule has 1 aromatic heterocycles. The number of hydrogen-bond donors (Lipinski definition) is 1. The zero-order chi connectivity index (χ0) is 12.4. The van der Waals surface area contributed by atoms with E-state index in [9.17, 15) is 5.11 Å². The number of likely N-dealkylation sites (tertiary alicyclic amines) is 1. The zero-order valence-corrected chi connectivity index (χ0v) is 10.5. The fourth-order valence-corrected chi connectivity index (χ4v) is 2.70. The molecular weight excluding hydrogens is 224 g/mol. The highest BCUT2D eigenvalue weighted by atomic mass is 16.3. The first-order valence-corrected chi connectivity index (χ1v) is 6.62. The van der Waals surface area contributed by atoms with Crippen molar-refractivity contribution in [2.45, 2.75) is 25.8 Å². The molecule has 3 heteroatoms. The molecule has 0 atom stereocenters. The van der Waals surface area contributed by atoms with Crippen LogP contribution in [0, 0.1) is 0 Å². The van der Waals surface area contributed by atoms with Crippen molar-refractivity contribution >= 4 is 10.9 Å². The van der Waals surface area contributed by atoms with Crippen LogP contribution in [0.5, 0.6) is 5.75 Å². The number of pyridine rings is 1. The number of para-hydroxylation sites is 1. The number of aromatic hydroxyl groups is 1. The average Bonchev–Trinajstić information content (AvgIpc) is 2.43. The number of aromatic nitrogens is 1. The maximum atomic E-state index is 10.1. The van der Waals surface area contributed by atoms with Gasteiger partial charge in [-0.3, -0.25) is 9.88 Å². The Balaban J connectivity index is 1.96. The topological polar surface area (TPSA) is 36.4 Å². The van der Waals surface area contributed by atoms with Crippen LogP contribution in [0.1, 0.15) is 24.8 Å². The Morgan fingerprint density at radius 2 is 1.89 bits per heavy atom. The molecule has 2 aromatic rings. The molecule has 1 fully saturated rings. The monoisotopic (exact) mass is 242 g/mol. The molecule has 94 valence electrons. The summed E-state index contributed by atoms with van der Waals surface area (Å²) in [6, 6.07) is 8.02. The van der Waals surface area contributed by atoms with E-state index in [0.717, 1.165) is 36.1 Å². The summed E-state index contributed by atoms with van der Waals surface area (Å²) in [6.45, 7) is 3.10. The van der Waals surface area contributed by atoms with Crippen LogP contribution in [0.4, 0.5) is 0 Å². The van der Waals surface area contributed by atoms with Crippen LogP contribution in [0.15, 0.2) is 30.5 Å². The molecule has 0 spiro atoms. The summed E-state index contributed by atoms with van der Waals surface area (Å²) in [4.78, 5) is 6.69. The molecule has 1 N–H and O–H groups in total. The van der Waals surface area contributed by atoms with Crippen LogP contribution in [0.3, 0.4) is 0 Å². The van der Waals surface area contributed by atoms with Gasteiger partial charge in [-0.25, -0.2) is 0 Å². The van der Waals surface area contributed by atoms with Gasteiger partial charge in [0.05, 0.1) is 11.7 Å². The molecule has 2 heterocycles. The second kappa shape index (κ2) is 4.94. The molecule has 0 aliphatic carbocycles. The number of benzene rings is 1. The standard InChI is InChI=1S/C15H18N2O/c18-15-10-16-14-7-3-2-6-12(14)13(15)11-17-8-4-1-5-9-17/h2-3,6-7,10,18H,1,4-5,8-9,11H2. The molecule has 1 saturated heterocycles. The van der Waals surface area contributed by atoms with Crippen molar-refractivity contribution in [2.75, 3.05) is 13.1 Å². The van der Waals surface area contributed by atoms with E-state index in [0.29, 0.717) is 5.75 Å². The van der Waals surface area contributed by atoms with Crippen LogP contribution < -0.4 is 0 Å². The highest BCUT2D eigenvalue weighted by Crippen LogP contribution is 2.27. The van der Waals surface area contributed by atoms with Crippen molar-refractivity contribution in [3.05, 3.63) is 36.0 Å². The fraction of sp³-hybridized carbons (Fsp3) is 0.400. The SMILES string of the molecule is Oc1cnc2ccccc2c1CN1CCCCC1. The molecule has 3 rings (SSSR count). The van der Waals surface area contributed by atoms with Crippen LogP contribution in [0.2, 0.25) is 0 Å². The summed E-state index contributed by atoms with van der Waals surface area (Å²) in [5.41, 5.74) is 1.98. The Labute approximate surface area is 107 Å². The first-order valence-electron chi connectivity index (χ1n) is 6.62. The second-order valence-corrected chi connectivity index (χ2v) is 4.98. The first-order chi connectivity index (χ1) is 8.84. The van der Waals surface area contributed by atoms with E-state index in [4.69, 9.17) is 0 Å². The Kier molecular flexibility index (Phi) is 3.15. The van der Waals surface area contributed by atoms with Crippen molar-refractivity contribution in [3.8, 4) is 5.75 Å². The van der Waals surface area contributed by atoms with Gasteiger partial charge in [-0.15, -0.1) is 0 Å². The molecule has 0 unspecified atom stereocenters. The lowest BCUT2D eigenvalue weighted by Crippen LogP contribution is -2.29. The van der Waals surface area contributed by atoms with Gasteiger partial charge in [-0.05, 0) is 32.0 Å². The van der Waals surface area contributed by atoms with Gasteiger partial charge in [0.1, 0.15) is 5.75 Å². The lowest BCUT2D eigenvalue weighted by atomic mass is 10.1. The number of rotatable bonds is 2. The lowest BCUT2D eigenvalue weighted by Gasteiger charge is -2.27. The van der Waals surface area contributed by atoms with Crippen LogP contribution in [-0.2, 0) is 6.54 Å². The Hall–Kier alpha value is -1.61. The maximum Gasteiger partial charge on any atom is 0.139 e. The van der Waals surface area contributed by atoms with E-state index in [-0.39, 0.29) is 0 Å². The van der Waals surface area contributed by atoms with Gasteiger partial charge in [0.15, 0.2) is 0 Å². The number of fused-ring (bicyclic) bond motifs is 1. The normalized spacial score (nSPS) is 17.1. The fourth-order valence-electron chi connectivity index (χ4n) is 2.70. The minimum absolute atomic E-state index is 0.319. The molecular formula is C15H18N2O. The first kappa shape index (κ1) is 11.5. The van der Waals surface area contributed by atoms with Gasteiger partial charge in [-0.2, -0.15) is 0 Å². The largest absolute Gasteiger partial charge is 0.506 e. The molecule has 1 aliphatic heterocycles. The Morgan fingerprint density at radius 3 is 2.72 bits per heavy atom. The maximum absolute atomic E-state index is 10.1. The molecule has 1 aliphatic rings. The van der Waals surface area contributed by atoms with Gasteiger partial charge in [-0.1, -0.05) is 24.6 Å². The highest BCUT2D eigenvalue weighted by molar-refractivity contribution is 5.83. The van der Waals surface area contributed by atoms with Gasteiger partial charge in [0, 0.05) is 17.5 Å². The van der Waals surface area contributed by atoms with E-state index >= 15 is 0 Å². The number of piperidine rings is 1. The van der Waals surface area contributed by atoms with Crippen LogP contribution >= 0.6 is 0 Å². The molecule has 0 amide bonds. The quantitative estimate of drug-likeness (QED) is 0.879. The lowest BCUT2D eigenvalue weighted by molar-refractivity contribution is 0.219. The smallest absolute Gasteiger partial charge is 0.139 e. The summed E-state index contributed by atoms with van der Waals surface area (Å²) in [5, 5.41) is 11.1. The molecule has 0 radical (unpaired) electrons. The minimum atomic E-state index is 0.319. The minimum Gasteiger partial charge on any atom is -0.506 e. The van der Waals surface area contributed by atoms with E-state index in [1.54, 1.807) is 6.20 Å². The van der Waals surface area contributed by atoms with E-state index in [2.05, 4.69) is 9.88 Å². The van der Waals surface area contributed by atoms with E-state index in [1.807, 2.05) is 24.3 Å². The van der Waals surface area contributed by atoms with Crippen molar-refractivity contribution in [3.63, 3.8) is 0 Å². The van der Waals surface area contributed by atoms with Crippen LogP contribution in [-0.4, -0.2) is 28.1 Å².